The van der Waals surface area contributed by atoms with Gasteiger partial charge in [0.15, 0.2) is 12.1 Å². The monoisotopic (exact) mass is 196 g/mol. The Hall–Kier alpha value is -1.06. The van der Waals surface area contributed by atoms with Crippen LogP contribution in [0.2, 0.25) is 5.02 Å². The summed E-state index contributed by atoms with van der Waals surface area (Å²) in [6.45, 7) is 1.87. The zero-order chi connectivity index (χ0) is 9.26. The van der Waals surface area contributed by atoms with Crippen molar-refractivity contribution in [3.63, 3.8) is 0 Å². The van der Waals surface area contributed by atoms with Crippen molar-refractivity contribution in [2.45, 2.75) is 13.2 Å². The molecule has 3 nitrogen and oxygen atoms in total. The predicted octanol–water partition coefficient (Wildman–Crippen LogP) is 1.97. The molecule has 1 aliphatic heterocycles. The molecule has 1 aliphatic rings. The lowest BCUT2D eigenvalue weighted by molar-refractivity contribution is 0.0504. The first-order chi connectivity index (χ1) is 6.25. The molecule has 0 unspecified atom stereocenters. The van der Waals surface area contributed by atoms with Gasteiger partial charge < -0.3 is 0 Å². The van der Waals surface area contributed by atoms with Gasteiger partial charge in [-0.3, -0.25) is 0 Å². The number of benzene rings is 1. The first kappa shape index (κ1) is 8.53. The zero-order valence-corrected chi connectivity index (χ0v) is 7.88. The molecule has 0 amide bonds. The van der Waals surface area contributed by atoms with Crippen LogP contribution in [-0.2, 0) is 4.84 Å². The molecule has 1 heterocycles. The van der Waals surface area contributed by atoms with Gasteiger partial charge in [0, 0.05) is 10.6 Å². The van der Waals surface area contributed by atoms with Crippen LogP contribution in [0.5, 0.6) is 0 Å². The lowest BCUT2D eigenvalue weighted by Gasteiger charge is -2.00. The van der Waals surface area contributed by atoms with E-state index in [1.54, 1.807) is 0 Å². The molecule has 0 aliphatic carbocycles. The van der Waals surface area contributed by atoms with Crippen LogP contribution in [0.25, 0.3) is 0 Å². The fourth-order valence-corrected chi connectivity index (χ4v) is 1.24. The lowest BCUT2D eigenvalue weighted by Crippen LogP contribution is -2.18. The van der Waals surface area contributed by atoms with E-state index in [4.69, 9.17) is 16.4 Å². The molecule has 0 fully saturated rings. The van der Waals surface area contributed by atoms with Gasteiger partial charge in [-0.05, 0) is 31.2 Å². The summed E-state index contributed by atoms with van der Waals surface area (Å²) in [5.74, 6) is 0.754. The van der Waals surface area contributed by atoms with E-state index in [1.807, 2.05) is 31.2 Å². The molecule has 13 heavy (non-hydrogen) atoms. The van der Waals surface area contributed by atoms with Crippen molar-refractivity contribution in [2.75, 3.05) is 0 Å². The fourth-order valence-electron chi connectivity index (χ4n) is 1.12. The van der Waals surface area contributed by atoms with Crippen molar-refractivity contribution in [1.82, 2.24) is 5.48 Å². The Labute approximate surface area is 81.3 Å². The van der Waals surface area contributed by atoms with Gasteiger partial charge in [0.1, 0.15) is 0 Å². The number of hydrogen-bond donors (Lipinski definition) is 1. The average Bonchev–Trinajstić information content (AvgIpc) is 2.53. The van der Waals surface area contributed by atoms with Crippen molar-refractivity contribution in [1.29, 1.82) is 0 Å². The van der Waals surface area contributed by atoms with Gasteiger partial charge in [-0.25, -0.2) is 15.3 Å². The van der Waals surface area contributed by atoms with Gasteiger partial charge >= 0.3 is 0 Å². The number of nitrogens with zero attached hydrogens (tertiary/aromatic N) is 1. The van der Waals surface area contributed by atoms with E-state index in [0.717, 1.165) is 16.4 Å². The highest BCUT2D eigenvalue weighted by molar-refractivity contribution is 6.30. The van der Waals surface area contributed by atoms with Gasteiger partial charge in [0.2, 0.25) is 0 Å². The maximum absolute atomic E-state index is 5.76. The van der Waals surface area contributed by atoms with Gasteiger partial charge in [0.25, 0.3) is 0 Å². The summed E-state index contributed by atoms with van der Waals surface area (Å²) >= 11 is 5.76. The molecule has 4 heteroatoms. The lowest BCUT2D eigenvalue weighted by atomic mass is 10.2. The van der Waals surface area contributed by atoms with Crippen molar-refractivity contribution < 1.29 is 4.84 Å². The van der Waals surface area contributed by atoms with E-state index < -0.39 is 0 Å². The second-order valence-corrected chi connectivity index (χ2v) is 3.24. The third-order valence-electron chi connectivity index (χ3n) is 1.75. The molecule has 1 atom stereocenters. The largest absolute Gasteiger partial charge is 0.248 e. The maximum Gasteiger partial charge on any atom is 0.174 e. The van der Waals surface area contributed by atoms with Crippen molar-refractivity contribution >= 4 is 17.4 Å². The fraction of sp³-hybridized carbons (Fsp3) is 0.222. The van der Waals surface area contributed by atoms with E-state index in [1.165, 1.54) is 0 Å². The number of aliphatic imine (C=N–C) groups is 1. The highest BCUT2D eigenvalue weighted by atomic mass is 35.5. The number of hydroxylamine groups is 1. The summed E-state index contributed by atoms with van der Waals surface area (Å²) in [6, 6.07) is 7.44. The van der Waals surface area contributed by atoms with E-state index in [9.17, 15) is 0 Å². The quantitative estimate of drug-likeness (QED) is 0.745. The third-order valence-corrected chi connectivity index (χ3v) is 2.01. The second-order valence-electron chi connectivity index (χ2n) is 2.80. The van der Waals surface area contributed by atoms with Crippen LogP contribution in [-0.4, -0.2) is 12.1 Å². The Bertz CT molecular complexity index is 334. The topological polar surface area (TPSA) is 33.6 Å². The Kier molecular flexibility index (Phi) is 2.20. The second kappa shape index (κ2) is 3.36. The molecular weight excluding hydrogens is 188 g/mol. The number of halogens is 1. The minimum absolute atomic E-state index is 0.120. The van der Waals surface area contributed by atoms with Crippen molar-refractivity contribution in [3.05, 3.63) is 34.9 Å². The predicted molar refractivity (Wildman–Crippen MR) is 51.7 cm³/mol. The van der Waals surface area contributed by atoms with Gasteiger partial charge in [-0.15, -0.1) is 0 Å². The van der Waals surface area contributed by atoms with E-state index in [2.05, 4.69) is 10.5 Å². The molecule has 68 valence electrons. The maximum atomic E-state index is 5.76. The van der Waals surface area contributed by atoms with Crippen LogP contribution >= 0.6 is 11.6 Å². The van der Waals surface area contributed by atoms with E-state index >= 15 is 0 Å². The molecule has 0 saturated carbocycles. The Morgan fingerprint density at radius 2 is 2.08 bits per heavy atom. The SMILES string of the molecule is C[C@@H]1N=C(c2ccc(Cl)cc2)NO1. The number of amidine groups is 1. The molecule has 1 aromatic carbocycles. The summed E-state index contributed by atoms with van der Waals surface area (Å²) in [5.41, 5.74) is 3.73. The summed E-state index contributed by atoms with van der Waals surface area (Å²) in [6.07, 6.45) is -0.120. The summed E-state index contributed by atoms with van der Waals surface area (Å²) in [5, 5.41) is 0.719. The van der Waals surface area contributed by atoms with Crippen LogP contribution < -0.4 is 5.48 Å². The summed E-state index contributed by atoms with van der Waals surface area (Å²) in [7, 11) is 0. The standard InChI is InChI=1S/C9H9ClN2O/c1-6-11-9(12-13-6)7-2-4-8(10)5-3-7/h2-6H,1H3,(H,11,12)/t6-/m1/s1. The first-order valence-electron chi connectivity index (χ1n) is 4.01. The number of rotatable bonds is 1. The molecular formula is C9H9ClN2O. The Morgan fingerprint density at radius 3 is 2.62 bits per heavy atom. The average molecular weight is 197 g/mol. The van der Waals surface area contributed by atoms with Crippen LogP contribution in [0.15, 0.2) is 29.3 Å². The molecule has 0 radical (unpaired) electrons. The minimum atomic E-state index is -0.120. The zero-order valence-electron chi connectivity index (χ0n) is 7.12. The molecule has 0 bridgehead atoms. The van der Waals surface area contributed by atoms with Crippen LogP contribution in [0.4, 0.5) is 0 Å². The normalized spacial score (nSPS) is 21.1. The first-order valence-corrected chi connectivity index (χ1v) is 4.39. The summed E-state index contributed by atoms with van der Waals surface area (Å²) < 4.78 is 0. The number of nitrogens with one attached hydrogen (secondary N) is 1. The Morgan fingerprint density at radius 1 is 1.38 bits per heavy atom. The highest BCUT2D eigenvalue weighted by Crippen LogP contribution is 2.12. The van der Waals surface area contributed by atoms with Gasteiger partial charge in [-0.1, -0.05) is 11.6 Å². The molecule has 0 spiro atoms. The third kappa shape index (κ3) is 1.82. The van der Waals surface area contributed by atoms with Crippen LogP contribution in [0, 0.1) is 0 Å². The van der Waals surface area contributed by atoms with Crippen molar-refractivity contribution in [2.24, 2.45) is 4.99 Å². The molecule has 1 aromatic rings. The molecule has 0 saturated heterocycles. The molecule has 1 N–H and O–H groups in total. The minimum Gasteiger partial charge on any atom is -0.248 e. The van der Waals surface area contributed by atoms with E-state index in [0.29, 0.717) is 0 Å². The van der Waals surface area contributed by atoms with Gasteiger partial charge in [0.05, 0.1) is 0 Å². The van der Waals surface area contributed by atoms with Crippen LogP contribution in [0.3, 0.4) is 0 Å². The number of hydrogen-bond acceptors (Lipinski definition) is 3. The van der Waals surface area contributed by atoms with E-state index in [-0.39, 0.29) is 6.23 Å². The summed E-state index contributed by atoms with van der Waals surface area (Å²) in [4.78, 5) is 9.29. The highest BCUT2D eigenvalue weighted by Gasteiger charge is 2.13. The van der Waals surface area contributed by atoms with Crippen LogP contribution in [0.1, 0.15) is 12.5 Å². The Balaban J connectivity index is 2.26. The van der Waals surface area contributed by atoms with Gasteiger partial charge in [-0.2, -0.15) is 0 Å². The van der Waals surface area contributed by atoms with Crippen molar-refractivity contribution in [3.8, 4) is 0 Å². The smallest absolute Gasteiger partial charge is 0.174 e. The molecule has 2 rings (SSSR count). The molecule has 0 aromatic heterocycles.